The number of rotatable bonds is 7. The maximum atomic E-state index is 11.3. The van der Waals surface area contributed by atoms with Gasteiger partial charge in [0.15, 0.2) is 11.5 Å². The zero-order valence-electron chi connectivity index (χ0n) is 17.1. The van der Waals surface area contributed by atoms with Crippen molar-refractivity contribution in [2.24, 2.45) is 5.73 Å². The van der Waals surface area contributed by atoms with Gasteiger partial charge >= 0.3 is 0 Å². The van der Waals surface area contributed by atoms with Crippen molar-refractivity contribution < 1.29 is 14.3 Å². The lowest BCUT2D eigenvalue weighted by Gasteiger charge is -2.09. The smallest absolute Gasteiger partial charge is 0.258 e. The van der Waals surface area contributed by atoms with Crippen molar-refractivity contribution in [3.63, 3.8) is 0 Å². The van der Waals surface area contributed by atoms with Crippen molar-refractivity contribution in [1.29, 1.82) is 0 Å². The molecule has 5 rings (SSSR count). The van der Waals surface area contributed by atoms with Crippen molar-refractivity contribution in [1.82, 2.24) is 24.8 Å². The first-order valence-corrected chi connectivity index (χ1v) is 10.6. The van der Waals surface area contributed by atoms with Gasteiger partial charge in [0.1, 0.15) is 18.1 Å². The third-order valence-electron chi connectivity index (χ3n) is 4.91. The molecule has 0 aliphatic heterocycles. The summed E-state index contributed by atoms with van der Waals surface area (Å²) in [5.74, 6) is 1.56. The minimum Gasteiger partial charge on any atom is -0.497 e. The number of carbonyl (C=O) groups excluding carboxylic acids is 1. The third-order valence-corrected chi connectivity index (χ3v) is 6.01. The molecule has 0 atom stereocenters. The van der Waals surface area contributed by atoms with Crippen LogP contribution >= 0.6 is 11.3 Å². The van der Waals surface area contributed by atoms with E-state index in [9.17, 15) is 4.79 Å². The van der Waals surface area contributed by atoms with Crippen LogP contribution in [0.1, 0.15) is 26.1 Å². The van der Waals surface area contributed by atoms with E-state index in [4.69, 9.17) is 15.2 Å². The molecule has 0 unspecified atom stereocenters. The Balaban J connectivity index is 1.38. The molecule has 9 nitrogen and oxygen atoms in total. The van der Waals surface area contributed by atoms with Gasteiger partial charge in [-0.05, 0) is 42.5 Å². The molecule has 5 aromatic rings. The number of thiophene rings is 1. The molecule has 4 heterocycles. The van der Waals surface area contributed by atoms with Gasteiger partial charge in [0.25, 0.3) is 5.91 Å². The van der Waals surface area contributed by atoms with Gasteiger partial charge in [0.05, 0.1) is 23.2 Å². The molecule has 0 aliphatic carbocycles. The van der Waals surface area contributed by atoms with Crippen LogP contribution in [0.25, 0.3) is 16.6 Å². The lowest BCUT2D eigenvalue weighted by molar-refractivity contribution is 0.100. The second kappa shape index (κ2) is 8.23. The number of nitrogens with zero attached hydrogens (tertiary/aromatic N) is 5. The van der Waals surface area contributed by atoms with E-state index in [1.54, 1.807) is 23.9 Å². The molecule has 0 aliphatic rings. The van der Waals surface area contributed by atoms with Crippen LogP contribution in [-0.2, 0) is 13.0 Å². The predicted molar refractivity (Wildman–Crippen MR) is 119 cm³/mol. The van der Waals surface area contributed by atoms with Crippen molar-refractivity contribution in [3.05, 3.63) is 76.0 Å². The summed E-state index contributed by atoms with van der Waals surface area (Å²) in [6.45, 7) is 0.188. The lowest BCUT2D eigenvalue weighted by atomic mass is 10.2. The number of benzene rings is 1. The number of methoxy groups -OCH3 is 1. The van der Waals surface area contributed by atoms with Crippen LogP contribution in [0.3, 0.4) is 0 Å². The molecule has 0 radical (unpaired) electrons. The molecule has 0 saturated carbocycles. The number of aromatic nitrogens is 5. The van der Waals surface area contributed by atoms with E-state index < -0.39 is 5.91 Å². The number of hydrogen-bond donors (Lipinski definition) is 1. The number of ether oxygens (including phenoxy) is 2. The summed E-state index contributed by atoms with van der Waals surface area (Å²) in [5, 5.41) is 13.9. The minimum atomic E-state index is -0.426. The molecule has 0 fully saturated rings. The highest BCUT2D eigenvalue weighted by Crippen LogP contribution is 2.27. The third kappa shape index (κ3) is 3.83. The Kier molecular flexibility index (Phi) is 5.12. The Hall–Kier alpha value is -4.05. The number of primary amides is 1. The van der Waals surface area contributed by atoms with Crippen LogP contribution in [0.4, 0.5) is 0 Å². The highest BCUT2D eigenvalue weighted by molar-refractivity contribution is 7.14. The van der Waals surface area contributed by atoms with Crippen molar-refractivity contribution >= 4 is 33.8 Å². The second-order valence-corrected chi connectivity index (χ2v) is 8.17. The van der Waals surface area contributed by atoms with Gasteiger partial charge in [-0.25, -0.2) is 0 Å². The fourth-order valence-electron chi connectivity index (χ4n) is 3.34. The summed E-state index contributed by atoms with van der Waals surface area (Å²) in [6, 6.07) is 14.8. The molecule has 0 bridgehead atoms. The summed E-state index contributed by atoms with van der Waals surface area (Å²) in [6.07, 6.45) is 2.26. The van der Waals surface area contributed by atoms with Crippen LogP contribution in [0.15, 0.2) is 54.7 Å². The second-order valence-electron chi connectivity index (χ2n) is 7.00. The van der Waals surface area contributed by atoms with Gasteiger partial charge in [0, 0.05) is 28.9 Å². The Morgan fingerprint density at radius 3 is 2.84 bits per heavy atom. The fourth-order valence-corrected chi connectivity index (χ4v) is 4.21. The zero-order chi connectivity index (χ0) is 22.1. The van der Waals surface area contributed by atoms with Crippen molar-refractivity contribution in [3.8, 4) is 11.5 Å². The predicted octanol–water partition coefficient (Wildman–Crippen LogP) is 3.01. The average molecular weight is 446 g/mol. The molecular weight excluding hydrogens is 428 g/mol. The van der Waals surface area contributed by atoms with E-state index in [0.29, 0.717) is 28.5 Å². The van der Waals surface area contributed by atoms with E-state index in [2.05, 4.69) is 20.3 Å². The monoisotopic (exact) mass is 446 g/mol. The maximum absolute atomic E-state index is 11.3. The highest BCUT2D eigenvalue weighted by atomic mass is 32.1. The molecule has 160 valence electrons. The molecule has 32 heavy (non-hydrogen) atoms. The normalized spacial score (nSPS) is 11.2. The summed E-state index contributed by atoms with van der Waals surface area (Å²) >= 11 is 1.36. The standard InChI is InChI=1S/C22H18N6O3S/c1-30-14-3-5-16-17(11-14)24-9-8-18(16)31-12-21-26-25-20-7-2-13(27-28(20)21)10-15-4-6-19(32-15)22(23)29/h2-9,11H,10,12H2,1H3,(H2,23,29). The van der Waals surface area contributed by atoms with Crippen LogP contribution < -0.4 is 15.2 Å². The Morgan fingerprint density at radius 2 is 2.03 bits per heavy atom. The number of fused-ring (bicyclic) bond motifs is 2. The molecule has 2 N–H and O–H groups in total. The van der Waals surface area contributed by atoms with Crippen LogP contribution in [0.2, 0.25) is 0 Å². The van der Waals surface area contributed by atoms with E-state index in [0.717, 1.165) is 27.2 Å². The lowest BCUT2D eigenvalue weighted by Crippen LogP contribution is -2.08. The minimum absolute atomic E-state index is 0.188. The van der Waals surface area contributed by atoms with Crippen molar-refractivity contribution in [2.75, 3.05) is 7.11 Å². The first kappa shape index (κ1) is 19.9. The quantitative estimate of drug-likeness (QED) is 0.408. The number of carbonyl (C=O) groups is 1. The van der Waals surface area contributed by atoms with Crippen LogP contribution in [-0.4, -0.2) is 37.8 Å². The summed E-state index contributed by atoms with van der Waals surface area (Å²) in [5.41, 5.74) is 7.56. The molecule has 1 amide bonds. The van der Waals surface area contributed by atoms with E-state index in [1.807, 2.05) is 42.5 Å². The molecule has 10 heteroatoms. The molecule has 4 aromatic heterocycles. The molecule has 0 saturated heterocycles. The number of pyridine rings is 1. The molecule has 0 spiro atoms. The Morgan fingerprint density at radius 1 is 1.12 bits per heavy atom. The topological polar surface area (TPSA) is 118 Å². The highest BCUT2D eigenvalue weighted by Gasteiger charge is 2.12. The van der Waals surface area contributed by atoms with Gasteiger partial charge < -0.3 is 15.2 Å². The van der Waals surface area contributed by atoms with E-state index in [1.165, 1.54) is 11.3 Å². The van der Waals surface area contributed by atoms with Gasteiger partial charge in [-0.3, -0.25) is 9.78 Å². The number of hydrogen-bond acceptors (Lipinski definition) is 8. The number of amides is 1. The van der Waals surface area contributed by atoms with Crippen LogP contribution in [0, 0.1) is 0 Å². The maximum Gasteiger partial charge on any atom is 0.258 e. The van der Waals surface area contributed by atoms with Gasteiger partial charge in [-0.1, -0.05) is 0 Å². The number of nitrogens with two attached hydrogens (primary N) is 1. The first-order chi connectivity index (χ1) is 15.6. The van der Waals surface area contributed by atoms with E-state index >= 15 is 0 Å². The molecule has 1 aromatic carbocycles. The average Bonchev–Trinajstić information content (AvgIpc) is 3.44. The molecular formula is C22H18N6O3S. The van der Waals surface area contributed by atoms with Gasteiger partial charge in [-0.2, -0.15) is 9.61 Å². The first-order valence-electron chi connectivity index (χ1n) is 9.75. The summed E-state index contributed by atoms with van der Waals surface area (Å²) < 4.78 is 13.0. The van der Waals surface area contributed by atoms with Gasteiger partial charge in [0.2, 0.25) is 0 Å². The summed E-state index contributed by atoms with van der Waals surface area (Å²) in [7, 11) is 1.62. The largest absolute Gasteiger partial charge is 0.497 e. The fraction of sp³-hybridized carbons (Fsp3) is 0.136. The summed E-state index contributed by atoms with van der Waals surface area (Å²) in [4.78, 5) is 17.2. The van der Waals surface area contributed by atoms with Crippen molar-refractivity contribution in [2.45, 2.75) is 13.0 Å². The Labute approximate surface area is 186 Å². The van der Waals surface area contributed by atoms with Crippen LogP contribution in [0.5, 0.6) is 11.5 Å². The van der Waals surface area contributed by atoms with E-state index in [-0.39, 0.29) is 6.61 Å². The van der Waals surface area contributed by atoms with Gasteiger partial charge in [-0.15, -0.1) is 21.5 Å². The Bertz CT molecular complexity index is 1440. The zero-order valence-corrected chi connectivity index (χ0v) is 17.9. The SMILES string of the molecule is COc1ccc2c(OCc3nnc4ccc(Cc5ccc(C(N)=O)s5)nn34)ccnc2c1.